The molecule has 0 saturated carbocycles. The quantitative estimate of drug-likeness (QED) is 0.861. The largest absolute Gasteiger partial charge is 0.508 e. The van der Waals surface area contributed by atoms with Crippen LogP contribution in [0.2, 0.25) is 10.0 Å². The Morgan fingerprint density at radius 2 is 2.11 bits per heavy atom. The van der Waals surface area contributed by atoms with Gasteiger partial charge in [0.25, 0.3) is 0 Å². The van der Waals surface area contributed by atoms with Crippen LogP contribution in [0.15, 0.2) is 12.1 Å². The first-order valence-corrected chi connectivity index (χ1v) is 7.30. The second kappa shape index (κ2) is 4.88. The van der Waals surface area contributed by atoms with Gasteiger partial charge in [-0.15, -0.1) is 0 Å². The molecular formula is C14H15Cl2NO2. The fourth-order valence-electron chi connectivity index (χ4n) is 3.28. The van der Waals surface area contributed by atoms with Crippen LogP contribution in [0, 0.1) is 0 Å². The molecule has 0 aromatic heterocycles. The number of halogens is 2. The van der Waals surface area contributed by atoms with Crippen LogP contribution in [-0.4, -0.2) is 28.5 Å². The molecule has 2 aliphatic rings. The third kappa shape index (κ3) is 2.19. The molecule has 0 bridgehead atoms. The van der Waals surface area contributed by atoms with Crippen molar-refractivity contribution in [1.82, 2.24) is 4.90 Å². The number of aromatic hydroxyl groups is 1. The summed E-state index contributed by atoms with van der Waals surface area (Å²) in [4.78, 5) is 13.8. The van der Waals surface area contributed by atoms with Gasteiger partial charge in [-0.1, -0.05) is 23.2 Å². The van der Waals surface area contributed by atoms with Gasteiger partial charge >= 0.3 is 0 Å². The third-order valence-electron chi connectivity index (χ3n) is 4.18. The van der Waals surface area contributed by atoms with Crippen LogP contribution in [0.25, 0.3) is 0 Å². The molecule has 3 rings (SSSR count). The molecule has 0 spiro atoms. The van der Waals surface area contributed by atoms with E-state index in [1.807, 2.05) is 4.90 Å². The van der Waals surface area contributed by atoms with Crippen LogP contribution in [0.3, 0.4) is 0 Å². The highest BCUT2D eigenvalue weighted by atomic mass is 35.5. The minimum atomic E-state index is 0.0817. The number of nitrogens with zero attached hydrogens (tertiary/aromatic N) is 1. The van der Waals surface area contributed by atoms with Crippen molar-refractivity contribution < 1.29 is 9.90 Å². The molecule has 0 aliphatic carbocycles. The lowest BCUT2D eigenvalue weighted by Gasteiger charge is -2.29. The lowest BCUT2D eigenvalue weighted by atomic mass is 9.93. The number of amides is 1. The number of hydrogen-bond acceptors (Lipinski definition) is 2. The van der Waals surface area contributed by atoms with E-state index in [-0.39, 0.29) is 17.6 Å². The summed E-state index contributed by atoms with van der Waals surface area (Å²) >= 11 is 12.2. The Hall–Kier alpha value is -0.930. The Labute approximate surface area is 122 Å². The van der Waals surface area contributed by atoms with E-state index in [1.165, 1.54) is 0 Å². The second-order valence-corrected chi connectivity index (χ2v) is 6.10. The lowest BCUT2D eigenvalue weighted by molar-refractivity contribution is -0.134. The Morgan fingerprint density at radius 1 is 1.32 bits per heavy atom. The number of hydrogen-bond donors (Lipinski definition) is 1. The van der Waals surface area contributed by atoms with Crippen LogP contribution in [-0.2, 0) is 4.79 Å². The highest BCUT2D eigenvalue weighted by molar-refractivity contribution is 6.42. The maximum absolute atomic E-state index is 11.9. The average molecular weight is 300 g/mol. The minimum absolute atomic E-state index is 0.0817. The van der Waals surface area contributed by atoms with Gasteiger partial charge in [-0.25, -0.2) is 0 Å². The van der Waals surface area contributed by atoms with Gasteiger partial charge in [-0.3, -0.25) is 4.79 Å². The molecular weight excluding hydrogens is 285 g/mol. The minimum Gasteiger partial charge on any atom is -0.508 e. The molecule has 1 amide bonds. The highest BCUT2D eigenvalue weighted by Crippen LogP contribution is 2.44. The van der Waals surface area contributed by atoms with Crippen LogP contribution in [0.4, 0.5) is 0 Å². The zero-order valence-electron chi connectivity index (χ0n) is 10.4. The van der Waals surface area contributed by atoms with Crippen molar-refractivity contribution in [3.63, 3.8) is 0 Å². The van der Waals surface area contributed by atoms with Crippen LogP contribution in [0.1, 0.15) is 37.2 Å². The molecule has 1 aromatic carbocycles. The number of benzene rings is 1. The van der Waals surface area contributed by atoms with E-state index in [0.717, 1.165) is 19.3 Å². The van der Waals surface area contributed by atoms with E-state index in [1.54, 1.807) is 12.1 Å². The second-order valence-electron chi connectivity index (χ2n) is 5.32. The molecule has 19 heavy (non-hydrogen) atoms. The monoisotopic (exact) mass is 299 g/mol. The molecule has 2 aliphatic heterocycles. The van der Waals surface area contributed by atoms with Crippen molar-refractivity contribution in [3.8, 4) is 5.75 Å². The highest BCUT2D eigenvalue weighted by Gasteiger charge is 2.39. The smallest absolute Gasteiger partial charge is 0.222 e. The number of carbonyl (C=O) groups excluding carboxylic acids is 1. The van der Waals surface area contributed by atoms with Gasteiger partial charge in [0.1, 0.15) is 5.75 Å². The van der Waals surface area contributed by atoms with E-state index >= 15 is 0 Å². The first-order chi connectivity index (χ1) is 9.08. The maximum Gasteiger partial charge on any atom is 0.222 e. The van der Waals surface area contributed by atoms with Gasteiger partial charge in [0.05, 0.1) is 10.0 Å². The summed E-state index contributed by atoms with van der Waals surface area (Å²) < 4.78 is 0. The molecule has 0 unspecified atom stereocenters. The predicted molar refractivity (Wildman–Crippen MR) is 74.8 cm³/mol. The zero-order chi connectivity index (χ0) is 13.6. The Balaban J connectivity index is 1.93. The van der Waals surface area contributed by atoms with E-state index in [0.29, 0.717) is 34.6 Å². The number of carbonyl (C=O) groups is 1. The van der Waals surface area contributed by atoms with Crippen molar-refractivity contribution in [3.05, 3.63) is 27.7 Å². The van der Waals surface area contributed by atoms with E-state index in [2.05, 4.69) is 0 Å². The Morgan fingerprint density at radius 3 is 2.84 bits per heavy atom. The fourth-order valence-corrected chi connectivity index (χ4v) is 3.76. The topological polar surface area (TPSA) is 40.5 Å². The summed E-state index contributed by atoms with van der Waals surface area (Å²) in [5.74, 6) is 0.473. The molecule has 5 heteroatoms. The standard InChI is InChI=1S/C14H15Cl2NO2/c15-10-4-5-11(18)13(14(10)16)8-6-9-2-1-3-12(19)17(9)7-8/h4-5,8-9,18H,1-3,6-7H2/t8-,9+/m0/s1. The van der Waals surface area contributed by atoms with Crippen molar-refractivity contribution in [1.29, 1.82) is 0 Å². The normalized spacial score (nSPS) is 26.6. The number of phenolic OH excluding ortho intramolecular Hbond substituents is 1. The van der Waals surface area contributed by atoms with Gasteiger partial charge in [0.2, 0.25) is 5.91 Å². The number of piperidine rings is 1. The van der Waals surface area contributed by atoms with E-state index in [4.69, 9.17) is 23.2 Å². The predicted octanol–water partition coefficient (Wildman–Crippen LogP) is 3.57. The summed E-state index contributed by atoms with van der Waals surface area (Å²) in [6.07, 6.45) is 3.50. The van der Waals surface area contributed by atoms with Crippen molar-refractivity contribution in [2.45, 2.75) is 37.6 Å². The van der Waals surface area contributed by atoms with E-state index < -0.39 is 0 Å². The lowest BCUT2D eigenvalue weighted by Crippen LogP contribution is -2.38. The molecule has 102 valence electrons. The van der Waals surface area contributed by atoms with Crippen molar-refractivity contribution in [2.24, 2.45) is 0 Å². The van der Waals surface area contributed by atoms with Gasteiger partial charge < -0.3 is 10.0 Å². The molecule has 2 atom stereocenters. The molecule has 3 nitrogen and oxygen atoms in total. The molecule has 2 saturated heterocycles. The molecule has 1 aromatic rings. The summed E-state index contributed by atoms with van der Waals surface area (Å²) in [6, 6.07) is 3.46. The van der Waals surface area contributed by atoms with Gasteiger partial charge in [0, 0.05) is 30.5 Å². The maximum atomic E-state index is 11.9. The van der Waals surface area contributed by atoms with Crippen LogP contribution < -0.4 is 0 Å². The first kappa shape index (κ1) is 13.1. The first-order valence-electron chi connectivity index (χ1n) is 6.54. The molecule has 1 N–H and O–H groups in total. The third-order valence-corrected chi connectivity index (χ3v) is 5.00. The summed E-state index contributed by atoms with van der Waals surface area (Å²) in [5, 5.41) is 10.9. The van der Waals surface area contributed by atoms with Crippen molar-refractivity contribution >= 4 is 29.1 Å². The zero-order valence-corrected chi connectivity index (χ0v) is 11.9. The number of fused-ring (bicyclic) bond motifs is 1. The molecule has 2 heterocycles. The summed E-state index contributed by atoms with van der Waals surface area (Å²) in [5.41, 5.74) is 0.691. The summed E-state index contributed by atoms with van der Waals surface area (Å²) in [7, 11) is 0. The Kier molecular flexibility index (Phi) is 3.35. The average Bonchev–Trinajstić information content (AvgIpc) is 2.80. The van der Waals surface area contributed by atoms with Gasteiger partial charge in [0.15, 0.2) is 0 Å². The van der Waals surface area contributed by atoms with Gasteiger partial charge in [-0.05, 0) is 31.4 Å². The number of rotatable bonds is 1. The fraction of sp³-hybridized carbons (Fsp3) is 0.500. The van der Waals surface area contributed by atoms with Crippen LogP contribution >= 0.6 is 23.2 Å². The molecule has 0 radical (unpaired) electrons. The molecule has 2 fully saturated rings. The SMILES string of the molecule is O=C1CCC[C@@H]2C[C@H](c3c(O)ccc(Cl)c3Cl)CN12. The van der Waals surface area contributed by atoms with Crippen molar-refractivity contribution in [2.75, 3.05) is 6.54 Å². The van der Waals surface area contributed by atoms with Gasteiger partial charge in [-0.2, -0.15) is 0 Å². The Bertz CT molecular complexity index is 532. The van der Waals surface area contributed by atoms with Crippen LogP contribution in [0.5, 0.6) is 5.75 Å². The van der Waals surface area contributed by atoms with E-state index in [9.17, 15) is 9.90 Å². The number of phenols is 1. The summed E-state index contributed by atoms with van der Waals surface area (Å²) in [6.45, 7) is 0.636.